The van der Waals surface area contributed by atoms with Gasteiger partial charge in [0.05, 0.1) is 6.61 Å². The summed E-state index contributed by atoms with van der Waals surface area (Å²) in [4.78, 5) is 0. The molecule has 1 nitrogen and oxygen atoms in total. The van der Waals surface area contributed by atoms with Gasteiger partial charge in [0.25, 0.3) is 0 Å². The van der Waals surface area contributed by atoms with Crippen LogP contribution in [0.5, 0.6) is 5.75 Å². The highest BCUT2D eigenvalue weighted by atomic mass is 19.2. The van der Waals surface area contributed by atoms with Gasteiger partial charge in [0.15, 0.2) is 11.6 Å². The number of halogens is 2. The first-order valence-electron chi connectivity index (χ1n) is 12.8. The molecular formula is C29H40F2O. The summed E-state index contributed by atoms with van der Waals surface area (Å²) in [5.41, 5.74) is 2.32. The fourth-order valence-corrected chi connectivity index (χ4v) is 4.81. The Bertz CT molecular complexity index is 807. The molecule has 176 valence electrons. The van der Waals surface area contributed by atoms with Gasteiger partial charge in [-0.15, -0.1) is 0 Å². The molecule has 1 aliphatic carbocycles. The molecular weight excluding hydrogens is 402 g/mol. The van der Waals surface area contributed by atoms with Crippen LogP contribution >= 0.6 is 0 Å². The SMILES string of the molecule is CCCCCCCCCCOc1ccc(-c2ccc(C3CCC(C)CC3)cc2)c(F)c1F. The topological polar surface area (TPSA) is 9.23 Å². The molecule has 1 aliphatic rings. The van der Waals surface area contributed by atoms with Crippen LogP contribution in [0.1, 0.15) is 102 Å². The minimum absolute atomic E-state index is 0.0159. The zero-order chi connectivity index (χ0) is 22.8. The minimum atomic E-state index is -0.882. The van der Waals surface area contributed by atoms with E-state index in [1.165, 1.54) is 69.8 Å². The van der Waals surface area contributed by atoms with Crippen molar-refractivity contribution in [2.45, 2.75) is 96.8 Å². The molecule has 3 rings (SSSR count). The van der Waals surface area contributed by atoms with E-state index >= 15 is 0 Å². The number of hydrogen-bond acceptors (Lipinski definition) is 1. The average molecular weight is 443 g/mol. The molecule has 0 spiro atoms. The van der Waals surface area contributed by atoms with Gasteiger partial charge in [-0.1, -0.05) is 95.9 Å². The van der Waals surface area contributed by atoms with Crippen LogP contribution in [-0.4, -0.2) is 6.61 Å². The molecule has 0 unspecified atom stereocenters. The first-order chi connectivity index (χ1) is 15.6. The Labute approximate surface area is 193 Å². The zero-order valence-electron chi connectivity index (χ0n) is 20.0. The number of unbranched alkanes of at least 4 members (excludes halogenated alkanes) is 7. The summed E-state index contributed by atoms with van der Waals surface area (Å²) in [5.74, 6) is -0.278. The normalized spacial score (nSPS) is 18.6. The monoisotopic (exact) mass is 442 g/mol. The third kappa shape index (κ3) is 7.05. The molecule has 0 heterocycles. The summed E-state index contributed by atoms with van der Waals surface area (Å²) in [6, 6.07) is 11.2. The predicted octanol–water partition coefficient (Wildman–Crippen LogP) is 9.44. The van der Waals surface area contributed by atoms with Crippen LogP contribution in [-0.2, 0) is 0 Å². The first-order valence-corrected chi connectivity index (χ1v) is 12.8. The molecule has 32 heavy (non-hydrogen) atoms. The van der Waals surface area contributed by atoms with Gasteiger partial charge >= 0.3 is 0 Å². The lowest BCUT2D eigenvalue weighted by Crippen LogP contribution is -2.10. The predicted molar refractivity (Wildman–Crippen MR) is 130 cm³/mol. The number of rotatable bonds is 12. The van der Waals surface area contributed by atoms with E-state index in [1.54, 1.807) is 12.1 Å². The standard InChI is InChI=1S/C29H40F2O/c1-3-4-5-6-7-8-9-10-21-32-27-20-19-26(28(30)29(27)31)25-17-15-24(16-18-25)23-13-11-22(2)12-14-23/h15-20,22-23H,3-14,21H2,1-2H3. The van der Waals surface area contributed by atoms with Crippen molar-refractivity contribution < 1.29 is 13.5 Å². The quantitative estimate of drug-likeness (QED) is 0.297. The number of benzene rings is 2. The summed E-state index contributed by atoms with van der Waals surface area (Å²) in [6.07, 6.45) is 14.5. The second-order valence-corrected chi connectivity index (χ2v) is 9.64. The van der Waals surface area contributed by atoms with Gasteiger partial charge in [0, 0.05) is 5.56 Å². The average Bonchev–Trinajstić information content (AvgIpc) is 2.81. The van der Waals surface area contributed by atoms with Crippen molar-refractivity contribution in [2.75, 3.05) is 6.61 Å². The Morgan fingerprint density at radius 1 is 0.750 bits per heavy atom. The van der Waals surface area contributed by atoms with Crippen molar-refractivity contribution in [3.8, 4) is 16.9 Å². The summed E-state index contributed by atoms with van der Waals surface area (Å²) < 4.78 is 34.9. The Morgan fingerprint density at radius 2 is 1.38 bits per heavy atom. The second-order valence-electron chi connectivity index (χ2n) is 9.64. The van der Waals surface area contributed by atoms with Crippen molar-refractivity contribution in [3.63, 3.8) is 0 Å². The van der Waals surface area contributed by atoms with Crippen LogP contribution in [0.3, 0.4) is 0 Å². The zero-order valence-corrected chi connectivity index (χ0v) is 20.0. The van der Waals surface area contributed by atoms with E-state index in [9.17, 15) is 8.78 Å². The maximum Gasteiger partial charge on any atom is 0.201 e. The van der Waals surface area contributed by atoms with E-state index in [-0.39, 0.29) is 5.75 Å². The van der Waals surface area contributed by atoms with Crippen molar-refractivity contribution >= 4 is 0 Å². The lowest BCUT2D eigenvalue weighted by atomic mass is 9.79. The van der Waals surface area contributed by atoms with Crippen LogP contribution in [0.25, 0.3) is 11.1 Å². The van der Waals surface area contributed by atoms with E-state index in [2.05, 4.69) is 26.0 Å². The van der Waals surface area contributed by atoms with E-state index in [0.717, 1.165) is 18.8 Å². The van der Waals surface area contributed by atoms with E-state index in [1.807, 2.05) is 12.1 Å². The van der Waals surface area contributed by atoms with Gasteiger partial charge in [-0.25, -0.2) is 4.39 Å². The Balaban J connectivity index is 1.50. The molecule has 0 atom stereocenters. The first kappa shape index (κ1) is 24.7. The molecule has 1 fully saturated rings. The third-order valence-corrected chi connectivity index (χ3v) is 7.01. The molecule has 0 aliphatic heterocycles. The summed E-state index contributed by atoms with van der Waals surface area (Å²) in [5, 5.41) is 0. The van der Waals surface area contributed by atoms with Crippen molar-refractivity contribution in [2.24, 2.45) is 5.92 Å². The van der Waals surface area contributed by atoms with Crippen molar-refractivity contribution in [3.05, 3.63) is 53.6 Å². The fourth-order valence-electron chi connectivity index (χ4n) is 4.81. The van der Waals surface area contributed by atoms with Gasteiger partial charge in [0.1, 0.15) is 0 Å². The van der Waals surface area contributed by atoms with Crippen LogP contribution in [0.2, 0.25) is 0 Å². The number of ether oxygens (including phenoxy) is 1. The molecule has 2 aromatic carbocycles. The van der Waals surface area contributed by atoms with Gasteiger partial charge in [-0.05, 0) is 54.4 Å². The van der Waals surface area contributed by atoms with Crippen LogP contribution in [0, 0.1) is 17.6 Å². The molecule has 0 amide bonds. The maximum atomic E-state index is 14.8. The molecule has 0 aromatic heterocycles. The lowest BCUT2D eigenvalue weighted by molar-refractivity contribution is 0.285. The van der Waals surface area contributed by atoms with Crippen LogP contribution < -0.4 is 4.74 Å². The lowest BCUT2D eigenvalue weighted by Gasteiger charge is -2.26. The molecule has 3 heteroatoms. The minimum Gasteiger partial charge on any atom is -0.490 e. The molecule has 1 saturated carbocycles. The van der Waals surface area contributed by atoms with Crippen LogP contribution in [0.15, 0.2) is 36.4 Å². The number of hydrogen-bond donors (Lipinski definition) is 0. The van der Waals surface area contributed by atoms with Gasteiger partial charge in [-0.3, -0.25) is 0 Å². The highest BCUT2D eigenvalue weighted by molar-refractivity contribution is 5.65. The summed E-state index contributed by atoms with van der Waals surface area (Å²) in [7, 11) is 0. The Hall–Kier alpha value is -1.90. The van der Waals surface area contributed by atoms with Gasteiger partial charge in [-0.2, -0.15) is 4.39 Å². The smallest absolute Gasteiger partial charge is 0.201 e. The van der Waals surface area contributed by atoms with E-state index in [0.29, 0.717) is 23.7 Å². The van der Waals surface area contributed by atoms with E-state index in [4.69, 9.17) is 4.74 Å². The Kier molecular flexibility index (Phi) is 10.0. The van der Waals surface area contributed by atoms with Crippen molar-refractivity contribution in [1.29, 1.82) is 0 Å². The maximum absolute atomic E-state index is 14.8. The molecule has 0 saturated heterocycles. The van der Waals surface area contributed by atoms with Crippen molar-refractivity contribution in [1.82, 2.24) is 0 Å². The van der Waals surface area contributed by atoms with Crippen LogP contribution in [0.4, 0.5) is 8.78 Å². The molecule has 2 aromatic rings. The van der Waals surface area contributed by atoms with Gasteiger partial charge < -0.3 is 4.74 Å². The molecule has 0 bridgehead atoms. The van der Waals surface area contributed by atoms with E-state index < -0.39 is 11.6 Å². The molecule has 0 N–H and O–H groups in total. The summed E-state index contributed by atoms with van der Waals surface area (Å²) in [6.45, 7) is 4.97. The highest BCUT2D eigenvalue weighted by Crippen LogP contribution is 2.37. The summed E-state index contributed by atoms with van der Waals surface area (Å²) >= 11 is 0. The van der Waals surface area contributed by atoms with Gasteiger partial charge in [0.2, 0.25) is 5.82 Å². The highest BCUT2D eigenvalue weighted by Gasteiger charge is 2.20. The second kappa shape index (κ2) is 13.0. The molecule has 0 radical (unpaired) electrons. The Morgan fingerprint density at radius 3 is 2.03 bits per heavy atom. The third-order valence-electron chi connectivity index (χ3n) is 7.01. The fraction of sp³-hybridized carbons (Fsp3) is 0.586. The largest absolute Gasteiger partial charge is 0.490 e.